The number of carboxylic acids is 1. The van der Waals surface area contributed by atoms with Gasteiger partial charge in [-0.1, -0.05) is 30.2 Å². The molecule has 106 valence electrons. The van der Waals surface area contributed by atoms with E-state index in [-0.39, 0.29) is 0 Å². The fourth-order valence-electron chi connectivity index (χ4n) is 1.65. The molecule has 4 heteroatoms. The van der Waals surface area contributed by atoms with E-state index in [0.717, 1.165) is 35.8 Å². The van der Waals surface area contributed by atoms with Crippen LogP contribution < -0.4 is 0 Å². The van der Waals surface area contributed by atoms with Crippen LogP contribution in [0.4, 0.5) is 0 Å². The van der Waals surface area contributed by atoms with Crippen molar-refractivity contribution in [2.45, 2.75) is 38.9 Å². The number of hydrogen-bond donors (Lipinski definition) is 1. The fourth-order valence-corrected chi connectivity index (χ4v) is 2.76. The van der Waals surface area contributed by atoms with Gasteiger partial charge in [-0.3, -0.25) is 4.79 Å². The molecule has 0 atom stereocenters. The van der Waals surface area contributed by atoms with Gasteiger partial charge in [-0.25, -0.2) is 0 Å². The SMILES string of the molecule is CC(C)(CCCCSCc1ccc(Cl)cc1)C(=O)O. The maximum atomic E-state index is 10.9. The maximum absolute atomic E-state index is 10.9. The van der Waals surface area contributed by atoms with Gasteiger partial charge < -0.3 is 5.11 Å². The largest absolute Gasteiger partial charge is 0.481 e. The lowest BCUT2D eigenvalue weighted by molar-refractivity contribution is -0.147. The summed E-state index contributed by atoms with van der Waals surface area (Å²) >= 11 is 7.71. The summed E-state index contributed by atoms with van der Waals surface area (Å²) in [5.41, 5.74) is 0.682. The van der Waals surface area contributed by atoms with Crippen molar-refractivity contribution in [1.29, 1.82) is 0 Å². The Hall–Kier alpha value is -0.670. The van der Waals surface area contributed by atoms with E-state index < -0.39 is 11.4 Å². The average Bonchev–Trinajstić information content (AvgIpc) is 2.35. The average molecular weight is 301 g/mol. The number of halogens is 1. The Kier molecular flexibility index (Phi) is 6.73. The first-order valence-corrected chi connectivity index (χ1v) is 8.01. The van der Waals surface area contributed by atoms with Gasteiger partial charge in [-0.15, -0.1) is 0 Å². The Morgan fingerprint density at radius 1 is 1.26 bits per heavy atom. The number of benzene rings is 1. The molecule has 0 heterocycles. The summed E-state index contributed by atoms with van der Waals surface area (Å²) in [6.07, 6.45) is 2.77. The minimum Gasteiger partial charge on any atom is -0.481 e. The molecule has 0 aromatic heterocycles. The summed E-state index contributed by atoms with van der Waals surface area (Å²) in [6, 6.07) is 7.91. The lowest BCUT2D eigenvalue weighted by atomic mass is 9.88. The van der Waals surface area contributed by atoms with E-state index in [1.807, 2.05) is 36.0 Å². The molecule has 1 aromatic carbocycles. The predicted molar refractivity (Wildman–Crippen MR) is 82.9 cm³/mol. The number of thioether (sulfide) groups is 1. The van der Waals surface area contributed by atoms with E-state index in [0.29, 0.717) is 0 Å². The molecule has 0 aliphatic carbocycles. The number of unbranched alkanes of at least 4 members (excludes halogenated alkanes) is 1. The molecule has 0 aliphatic heterocycles. The van der Waals surface area contributed by atoms with Gasteiger partial charge in [0, 0.05) is 10.8 Å². The lowest BCUT2D eigenvalue weighted by Crippen LogP contribution is -2.23. The molecule has 1 rings (SSSR count). The third-order valence-corrected chi connectivity index (χ3v) is 4.47. The number of rotatable bonds is 8. The van der Waals surface area contributed by atoms with Crippen molar-refractivity contribution >= 4 is 29.3 Å². The summed E-state index contributed by atoms with van der Waals surface area (Å²) in [4.78, 5) is 10.9. The zero-order valence-corrected chi connectivity index (χ0v) is 13.1. The van der Waals surface area contributed by atoms with Crippen LogP contribution in [0.25, 0.3) is 0 Å². The van der Waals surface area contributed by atoms with Crippen LogP contribution in [-0.4, -0.2) is 16.8 Å². The topological polar surface area (TPSA) is 37.3 Å². The van der Waals surface area contributed by atoms with Crippen molar-refractivity contribution in [2.75, 3.05) is 5.75 Å². The number of carboxylic acid groups (broad SMARTS) is 1. The monoisotopic (exact) mass is 300 g/mol. The Morgan fingerprint density at radius 2 is 1.89 bits per heavy atom. The van der Waals surface area contributed by atoms with E-state index >= 15 is 0 Å². The van der Waals surface area contributed by atoms with Crippen LogP contribution in [0.3, 0.4) is 0 Å². The standard InChI is InChI=1S/C15H21ClO2S/c1-15(2,14(17)18)9-3-4-10-19-11-12-5-7-13(16)8-6-12/h5-8H,3-4,9-11H2,1-2H3,(H,17,18). The highest BCUT2D eigenvalue weighted by atomic mass is 35.5. The van der Waals surface area contributed by atoms with E-state index in [1.54, 1.807) is 13.8 Å². The number of aliphatic carboxylic acids is 1. The molecule has 0 saturated carbocycles. The van der Waals surface area contributed by atoms with E-state index in [1.165, 1.54) is 5.56 Å². The van der Waals surface area contributed by atoms with Gasteiger partial charge in [-0.2, -0.15) is 11.8 Å². The van der Waals surface area contributed by atoms with E-state index in [2.05, 4.69) is 0 Å². The highest BCUT2D eigenvalue weighted by Crippen LogP contribution is 2.24. The summed E-state index contributed by atoms with van der Waals surface area (Å²) < 4.78 is 0. The van der Waals surface area contributed by atoms with Crippen molar-refractivity contribution in [3.05, 3.63) is 34.9 Å². The molecule has 0 unspecified atom stereocenters. The van der Waals surface area contributed by atoms with Gasteiger partial charge in [0.1, 0.15) is 0 Å². The quantitative estimate of drug-likeness (QED) is 0.697. The van der Waals surface area contributed by atoms with Crippen LogP contribution in [0.5, 0.6) is 0 Å². The maximum Gasteiger partial charge on any atom is 0.309 e. The van der Waals surface area contributed by atoms with Gasteiger partial charge in [-0.05, 0) is 50.1 Å². The van der Waals surface area contributed by atoms with Crippen LogP contribution in [0, 0.1) is 5.41 Å². The first kappa shape index (κ1) is 16.4. The molecular weight excluding hydrogens is 280 g/mol. The molecular formula is C15H21ClO2S. The Balaban J connectivity index is 2.12. The molecule has 19 heavy (non-hydrogen) atoms. The summed E-state index contributed by atoms with van der Waals surface area (Å²) in [5, 5.41) is 9.77. The van der Waals surface area contributed by atoms with Gasteiger partial charge in [0.05, 0.1) is 5.41 Å². The normalized spacial score (nSPS) is 11.5. The van der Waals surface area contributed by atoms with Gasteiger partial charge in [0.25, 0.3) is 0 Å². The Morgan fingerprint density at radius 3 is 2.47 bits per heavy atom. The van der Waals surface area contributed by atoms with Gasteiger partial charge in [0.2, 0.25) is 0 Å². The molecule has 0 fully saturated rings. The second-order valence-corrected chi connectivity index (χ2v) is 6.87. The highest BCUT2D eigenvalue weighted by molar-refractivity contribution is 7.98. The number of carbonyl (C=O) groups is 1. The predicted octanol–water partition coefficient (Wildman–Crippen LogP) is 4.85. The molecule has 1 N–H and O–H groups in total. The van der Waals surface area contributed by atoms with Crippen LogP contribution in [-0.2, 0) is 10.5 Å². The number of hydrogen-bond acceptors (Lipinski definition) is 2. The minimum atomic E-state index is -0.707. The first-order chi connectivity index (χ1) is 8.92. The van der Waals surface area contributed by atoms with Crippen molar-refractivity contribution < 1.29 is 9.90 Å². The van der Waals surface area contributed by atoms with Crippen LogP contribution in [0.2, 0.25) is 5.02 Å². The molecule has 0 saturated heterocycles. The lowest BCUT2D eigenvalue weighted by Gasteiger charge is -2.18. The van der Waals surface area contributed by atoms with E-state index in [9.17, 15) is 4.79 Å². The van der Waals surface area contributed by atoms with Crippen LogP contribution >= 0.6 is 23.4 Å². The van der Waals surface area contributed by atoms with Crippen molar-refractivity contribution in [3.63, 3.8) is 0 Å². The Bertz CT molecular complexity index is 401. The molecule has 1 aromatic rings. The second-order valence-electron chi connectivity index (χ2n) is 5.33. The summed E-state index contributed by atoms with van der Waals surface area (Å²) in [6.45, 7) is 3.58. The molecule has 0 bridgehead atoms. The smallest absolute Gasteiger partial charge is 0.309 e. The molecule has 0 radical (unpaired) electrons. The highest BCUT2D eigenvalue weighted by Gasteiger charge is 2.25. The summed E-state index contributed by atoms with van der Waals surface area (Å²) in [5.74, 6) is 1.35. The fraction of sp³-hybridized carbons (Fsp3) is 0.533. The third-order valence-electron chi connectivity index (χ3n) is 3.10. The zero-order chi connectivity index (χ0) is 14.3. The zero-order valence-electron chi connectivity index (χ0n) is 11.5. The molecule has 0 amide bonds. The Labute approximate surface area is 124 Å². The van der Waals surface area contributed by atoms with Crippen LogP contribution in [0.1, 0.15) is 38.7 Å². The summed E-state index contributed by atoms with van der Waals surface area (Å²) in [7, 11) is 0. The van der Waals surface area contributed by atoms with Crippen molar-refractivity contribution in [3.8, 4) is 0 Å². The van der Waals surface area contributed by atoms with Crippen LogP contribution in [0.15, 0.2) is 24.3 Å². The van der Waals surface area contributed by atoms with E-state index in [4.69, 9.17) is 16.7 Å². The van der Waals surface area contributed by atoms with Crippen molar-refractivity contribution in [2.24, 2.45) is 5.41 Å². The minimum absolute atomic E-state index is 0.596. The molecule has 2 nitrogen and oxygen atoms in total. The second kappa shape index (κ2) is 7.81. The third kappa shape index (κ3) is 6.35. The molecule has 0 aliphatic rings. The van der Waals surface area contributed by atoms with Gasteiger partial charge >= 0.3 is 5.97 Å². The van der Waals surface area contributed by atoms with Gasteiger partial charge in [0.15, 0.2) is 0 Å². The molecule has 0 spiro atoms. The van der Waals surface area contributed by atoms with Crippen molar-refractivity contribution in [1.82, 2.24) is 0 Å². The first-order valence-electron chi connectivity index (χ1n) is 6.47.